The van der Waals surface area contributed by atoms with Crippen LogP contribution in [0.4, 0.5) is 0 Å². The maximum atomic E-state index is 9.70. The fraction of sp³-hybridized carbons (Fsp3) is 0.647. The molecule has 0 amide bonds. The van der Waals surface area contributed by atoms with Gasteiger partial charge in [0.05, 0.1) is 12.7 Å². The number of rotatable bonds is 7. The van der Waals surface area contributed by atoms with Crippen molar-refractivity contribution >= 4 is 0 Å². The fourth-order valence-corrected chi connectivity index (χ4v) is 3.19. The van der Waals surface area contributed by atoms with Crippen LogP contribution in [0, 0.1) is 0 Å². The molecule has 3 unspecified atom stereocenters. The minimum absolute atomic E-state index is 0.355. The summed E-state index contributed by atoms with van der Waals surface area (Å²) in [6, 6.07) is 11.4. The first-order valence-electron chi connectivity index (χ1n) is 7.76. The molecule has 1 fully saturated rings. The van der Waals surface area contributed by atoms with Crippen LogP contribution < -0.4 is 5.32 Å². The molecule has 20 heavy (non-hydrogen) atoms. The topological polar surface area (TPSA) is 41.5 Å². The van der Waals surface area contributed by atoms with Crippen LogP contribution in [-0.4, -0.2) is 37.5 Å². The zero-order chi connectivity index (χ0) is 14.2. The molecule has 0 spiro atoms. The van der Waals surface area contributed by atoms with Gasteiger partial charge in [0.25, 0.3) is 0 Å². The normalized spacial score (nSPS) is 24.5. The van der Waals surface area contributed by atoms with E-state index in [0.717, 1.165) is 13.0 Å². The van der Waals surface area contributed by atoms with Crippen LogP contribution in [0.2, 0.25) is 0 Å². The maximum absolute atomic E-state index is 9.70. The molecule has 0 aromatic heterocycles. The largest absolute Gasteiger partial charge is 0.391 e. The molecular formula is C17H27NO2. The van der Waals surface area contributed by atoms with E-state index in [4.69, 9.17) is 4.74 Å². The zero-order valence-corrected chi connectivity index (χ0v) is 12.4. The molecule has 0 bridgehead atoms. The molecule has 3 heteroatoms. The molecule has 3 nitrogen and oxygen atoms in total. The van der Waals surface area contributed by atoms with Crippen LogP contribution in [-0.2, 0) is 4.74 Å². The maximum Gasteiger partial charge on any atom is 0.0785 e. The summed E-state index contributed by atoms with van der Waals surface area (Å²) in [6.07, 6.45) is 5.53. The highest BCUT2D eigenvalue weighted by Gasteiger charge is 2.25. The number of benzene rings is 1. The molecule has 112 valence electrons. The molecule has 1 aromatic rings. The van der Waals surface area contributed by atoms with Crippen LogP contribution in [0.3, 0.4) is 0 Å². The van der Waals surface area contributed by atoms with E-state index >= 15 is 0 Å². The van der Waals surface area contributed by atoms with E-state index in [-0.39, 0.29) is 6.10 Å². The summed E-state index contributed by atoms with van der Waals surface area (Å²) in [4.78, 5) is 0. The van der Waals surface area contributed by atoms with Gasteiger partial charge in [-0.2, -0.15) is 0 Å². The molecule has 3 atom stereocenters. The van der Waals surface area contributed by atoms with Crippen molar-refractivity contribution in [3.05, 3.63) is 35.9 Å². The Morgan fingerprint density at radius 3 is 2.75 bits per heavy atom. The van der Waals surface area contributed by atoms with Crippen LogP contribution in [0.25, 0.3) is 0 Å². The molecular weight excluding hydrogens is 250 g/mol. The lowest BCUT2D eigenvalue weighted by molar-refractivity contribution is 0.0585. The van der Waals surface area contributed by atoms with Crippen LogP contribution >= 0.6 is 0 Å². The lowest BCUT2D eigenvalue weighted by Gasteiger charge is -2.33. The zero-order valence-electron chi connectivity index (χ0n) is 12.4. The Balaban J connectivity index is 1.85. The minimum Gasteiger partial charge on any atom is -0.391 e. The average Bonchev–Trinajstić information content (AvgIpc) is 2.49. The van der Waals surface area contributed by atoms with Crippen molar-refractivity contribution in [3.63, 3.8) is 0 Å². The van der Waals surface area contributed by atoms with E-state index in [1.54, 1.807) is 7.11 Å². The van der Waals surface area contributed by atoms with Crippen molar-refractivity contribution in [2.24, 2.45) is 0 Å². The summed E-state index contributed by atoms with van der Waals surface area (Å²) >= 11 is 0. The predicted molar refractivity (Wildman–Crippen MR) is 81.9 cm³/mol. The smallest absolute Gasteiger partial charge is 0.0785 e. The minimum atomic E-state index is -0.355. The molecule has 1 aliphatic rings. The standard InChI is InChI=1S/C17H27NO2/c1-20-13-15(19)11-12-18-17-10-6-5-9-16(17)14-7-3-2-4-8-14/h2-4,7-8,15-19H,5-6,9-13H2,1H3. The van der Waals surface area contributed by atoms with Crippen LogP contribution in [0.1, 0.15) is 43.6 Å². The Morgan fingerprint density at radius 1 is 1.25 bits per heavy atom. The number of methoxy groups -OCH3 is 1. The Labute approximate surface area is 122 Å². The van der Waals surface area contributed by atoms with Gasteiger partial charge in [0.15, 0.2) is 0 Å². The molecule has 1 saturated carbocycles. The van der Waals surface area contributed by atoms with Gasteiger partial charge in [-0.05, 0) is 37.3 Å². The van der Waals surface area contributed by atoms with Gasteiger partial charge in [-0.15, -0.1) is 0 Å². The molecule has 0 radical (unpaired) electrons. The molecule has 1 aliphatic carbocycles. The van der Waals surface area contributed by atoms with E-state index in [1.807, 2.05) is 0 Å². The van der Waals surface area contributed by atoms with Gasteiger partial charge in [0.2, 0.25) is 0 Å². The predicted octanol–water partition coefficient (Wildman–Crippen LogP) is 2.70. The van der Waals surface area contributed by atoms with Gasteiger partial charge in [-0.3, -0.25) is 0 Å². The van der Waals surface area contributed by atoms with Crippen LogP contribution in [0.15, 0.2) is 30.3 Å². The summed E-state index contributed by atoms with van der Waals surface area (Å²) in [5, 5.41) is 13.3. The van der Waals surface area contributed by atoms with Gasteiger partial charge in [-0.25, -0.2) is 0 Å². The SMILES string of the molecule is COCC(O)CCNC1CCCCC1c1ccccc1. The third-order valence-corrected chi connectivity index (χ3v) is 4.24. The van der Waals surface area contributed by atoms with Gasteiger partial charge < -0.3 is 15.2 Å². The van der Waals surface area contributed by atoms with Crippen molar-refractivity contribution < 1.29 is 9.84 Å². The number of aliphatic hydroxyl groups excluding tert-OH is 1. The van der Waals surface area contributed by atoms with Crippen molar-refractivity contribution in [2.45, 2.75) is 50.2 Å². The molecule has 0 saturated heterocycles. The van der Waals surface area contributed by atoms with E-state index in [9.17, 15) is 5.11 Å². The van der Waals surface area contributed by atoms with Crippen molar-refractivity contribution in [1.82, 2.24) is 5.32 Å². The second-order valence-corrected chi connectivity index (χ2v) is 5.76. The quantitative estimate of drug-likeness (QED) is 0.805. The molecule has 1 aromatic carbocycles. The second-order valence-electron chi connectivity index (χ2n) is 5.76. The van der Waals surface area contributed by atoms with Gasteiger partial charge in [0.1, 0.15) is 0 Å². The second kappa shape index (κ2) is 8.40. The van der Waals surface area contributed by atoms with E-state index in [1.165, 1.54) is 31.2 Å². The van der Waals surface area contributed by atoms with E-state index in [0.29, 0.717) is 18.6 Å². The summed E-state index contributed by atoms with van der Waals surface area (Å²) < 4.78 is 4.96. The fourth-order valence-electron chi connectivity index (χ4n) is 3.19. The summed E-state index contributed by atoms with van der Waals surface area (Å²) in [5.74, 6) is 0.615. The number of aliphatic hydroxyl groups is 1. The van der Waals surface area contributed by atoms with Crippen molar-refractivity contribution in [2.75, 3.05) is 20.3 Å². The van der Waals surface area contributed by atoms with E-state index in [2.05, 4.69) is 35.6 Å². The third kappa shape index (κ3) is 4.58. The van der Waals surface area contributed by atoms with Gasteiger partial charge in [0, 0.05) is 13.2 Å². The molecule has 0 aliphatic heterocycles. The Hall–Kier alpha value is -0.900. The first kappa shape index (κ1) is 15.5. The third-order valence-electron chi connectivity index (χ3n) is 4.24. The molecule has 2 N–H and O–H groups in total. The number of nitrogens with one attached hydrogen (secondary N) is 1. The summed E-state index contributed by atoms with van der Waals surface area (Å²) in [5.41, 5.74) is 1.45. The first-order valence-corrected chi connectivity index (χ1v) is 7.76. The number of ether oxygens (including phenoxy) is 1. The van der Waals surface area contributed by atoms with E-state index < -0.39 is 0 Å². The van der Waals surface area contributed by atoms with Gasteiger partial charge >= 0.3 is 0 Å². The lowest BCUT2D eigenvalue weighted by Crippen LogP contribution is -2.39. The number of hydrogen-bond donors (Lipinski definition) is 2. The summed E-state index contributed by atoms with van der Waals surface area (Å²) in [6.45, 7) is 1.28. The van der Waals surface area contributed by atoms with Crippen LogP contribution in [0.5, 0.6) is 0 Å². The highest BCUT2D eigenvalue weighted by atomic mass is 16.5. The Kier molecular flexibility index (Phi) is 6.51. The first-order chi connectivity index (χ1) is 9.81. The molecule has 2 rings (SSSR count). The highest BCUT2D eigenvalue weighted by molar-refractivity contribution is 5.21. The lowest BCUT2D eigenvalue weighted by atomic mass is 9.80. The van der Waals surface area contributed by atoms with Crippen molar-refractivity contribution in [3.8, 4) is 0 Å². The number of hydrogen-bond acceptors (Lipinski definition) is 3. The Bertz CT molecular complexity index is 369. The summed E-state index contributed by atoms with van der Waals surface area (Å²) in [7, 11) is 1.63. The Morgan fingerprint density at radius 2 is 2.00 bits per heavy atom. The highest BCUT2D eigenvalue weighted by Crippen LogP contribution is 2.32. The van der Waals surface area contributed by atoms with Crippen molar-refractivity contribution in [1.29, 1.82) is 0 Å². The molecule has 0 heterocycles. The van der Waals surface area contributed by atoms with Gasteiger partial charge in [-0.1, -0.05) is 43.2 Å². The monoisotopic (exact) mass is 277 g/mol. The average molecular weight is 277 g/mol.